The van der Waals surface area contributed by atoms with Crippen LogP contribution in [0.15, 0.2) is 48.5 Å². The molecule has 0 atom stereocenters. The Morgan fingerprint density at radius 1 is 1.11 bits per heavy atom. The number of benzene rings is 2. The van der Waals surface area contributed by atoms with Crippen molar-refractivity contribution in [1.82, 2.24) is 9.47 Å². The zero-order valence-corrected chi connectivity index (χ0v) is 22.3. The first-order chi connectivity index (χ1) is 17.1. The average Bonchev–Trinajstić information content (AvgIpc) is 3.05. The Labute approximate surface area is 218 Å². The summed E-state index contributed by atoms with van der Waals surface area (Å²) in [4.78, 5) is 15.2. The molecule has 0 radical (unpaired) electrons. The number of alkyl halides is 3. The second-order valence-corrected chi connectivity index (χ2v) is 11.8. The summed E-state index contributed by atoms with van der Waals surface area (Å²) in [6, 6.07) is 11.3. The van der Waals surface area contributed by atoms with Crippen molar-refractivity contribution < 1.29 is 30.8 Å². The normalized spacial score (nSPS) is 12.3. The number of amides is 1. The quantitative estimate of drug-likeness (QED) is 0.308. The van der Waals surface area contributed by atoms with Crippen LogP contribution >= 0.6 is 11.6 Å². The van der Waals surface area contributed by atoms with E-state index >= 15 is 4.39 Å². The summed E-state index contributed by atoms with van der Waals surface area (Å²) < 4.78 is 83.0. The Morgan fingerprint density at radius 3 is 2.24 bits per heavy atom. The summed E-state index contributed by atoms with van der Waals surface area (Å²) >= 11 is 5.88. The molecule has 0 spiro atoms. The lowest BCUT2D eigenvalue weighted by Crippen LogP contribution is -2.41. The van der Waals surface area contributed by atoms with Gasteiger partial charge in [-0.3, -0.25) is 4.79 Å². The Bertz CT molecular complexity index is 1400. The zero-order chi connectivity index (χ0) is 27.7. The third-order valence-electron chi connectivity index (χ3n) is 5.95. The predicted octanol–water partition coefficient (Wildman–Crippen LogP) is 6.22. The molecule has 37 heavy (non-hydrogen) atoms. The smallest absolute Gasteiger partial charge is 0.334 e. The van der Waals surface area contributed by atoms with Gasteiger partial charge in [0.1, 0.15) is 27.0 Å². The topological polar surface area (TPSA) is 59.4 Å². The summed E-state index contributed by atoms with van der Waals surface area (Å²) in [5.41, 5.74) is -1.72. The predicted molar refractivity (Wildman–Crippen MR) is 136 cm³/mol. The van der Waals surface area contributed by atoms with Gasteiger partial charge >= 0.3 is 6.18 Å². The third-order valence-corrected chi connectivity index (χ3v) is 7.11. The number of aromatic nitrogens is 1. The highest BCUT2D eigenvalue weighted by Crippen LogP contribution is 2.42. The molecule has 0 aliphatic heterocycles. The molecule has 1 aromatic heterocycles. The van der Waals surface area contributed by atoms with Crippen LogP contribution in [0.1, 0.15) is 41.2 Å². The van der Waals surface area contributed by atoms with Crippen molar-refractivity contribution in [3.8, 4) is 11.1 Å². The minimum absolute atomic E-state index is 0.0449. The molecule has 5 nitrogen and oxygen atoms in total. The van der Waals surface area contributed by atoms with Crippen LogP contribution in [0, 0.1) is 12.7 Å². The maximum Gasteiger partial charge on any atom is 0.431 e. The van der Waals surface area contributed by atoms with Gasteiger partial charge in [0.2, 0.25) is 0 Å². The van der Waals surface area contributed by atoms with Crippen LogP contribution in [-0.2, 0) is 22.6 Å². The maximum atomic E-state index is 15.1. The van der Waals surface area contributed by atoms with E-state index in [1.807, 2.05) is 0 Å². The van der Waals surface area contributed by atoms with Gasteiger partial charge in [-0.2, -0.15) is 13.2 Å². The van der Waals surface area contributed by atoms with Crippen LogP contribution in [0.5, 0.6) is 0 Å². The lowest BCUT2D eigenvalue weighted by molar-refractivity contribution is -0.143. The average molecular weight is 559 g/mol. The fourth-order valence-corrected chi connectivity index (χ4v) is 4.96. The van der Waals surface area contributed by atoms with Crippen LogP contribution in [0.4, 0.5) is 17.6 Å². The first-order valence-corrected chi connectivity index (χ1v) is 13.8. The minimum Gasteiger partial charge on any atom is -0.334 e. The highest BCUT2D eigenvalue weighted by molar-refractivity contribution is 7.90. The molecule has 0 fully saturated rings. The van der Waals surface area contributed by atoms with E-state index in [0.717, 1.165) is 16.9 Å². The van der Waals surface area contributed by atoms with Crippen molar-refractivity contribution in [3.63, 3.8) is 0 Å². The van der Waals surface area contributed by atoms with Gasteiger partial charge in [0.05, 0.1) is 5.75 Å². The van der Waals surface area contributed by atoms with Crippen LogP contribution in [0.3, 0.4) is 0 Å². The van der Waals surface area contributed by atoms with Crippen molar-refractivity contribution in [2.24, 2.45) is 0 Å². The zero-order valence-electron chi connectivity index (χ0n) is 20.7. The summed E-state index contributed by atoms with van der Waals surface area (Å²) in [5, 5.41) is 0.0449. The van der Waals surface area contributed by atoms with E-state index in [0.29, 0.717) is 5.56 Å². The van der Waals surface area contributed by atoms with Crippen molar-refractivity contribution in [2.45, 2.75) is 39.5 Å². The Hall–Kier alpha value is -2.85. The fourth-order valence-electron chi connectivity index (χ4n) is 4.27. The van der Waals surface area contributed by atoms with E-state index in [-0.39, 0.29) is 46.2 Å². The molecule has 0 aliphatic rings. The summed E-state index contributed by atoms with van der Waals surface area (Å²) in [6.45, 7) is 3.90. The molecular weight excluding hydrogens is 532 g/mol. The number of sulfone groups is 1. The van der Waals surface area contributed by atoms with Crippen LogP contribution in [0.25, 0.3) is 11.1 Å². The van der Waals surface area contributed by atoms with Gasteiger partial charge in [-0.05, 0) is 50.1 Å². The molecule has 1 amide bonds. The fraction of sp³-hybridized carbons (Fsp3) is 0.346. The number of carbonyl (C=O) groups is 1. The number of rotatable bonds is 8. The maximum absolute atomic E-state index is 15.1. The van der Waals surface area contributed by atoms with Crippen molar-refractivity contribution >= 4 is 27.3 Å². The van der Waals surface area contributed by atoms with Crippen LogP contribution in [0.2, 0.25) is 5.02 Å². The van der Waals surface area contributed by atoms with Crippen LogP contribution in [-0.4, -0.2) is 48.4 Å². The molecule has 3 aromatic rings. The molecule has 0 aliphatic carbocycles. The molecule has 0 saturated carbocycles. The van der Waals surface area contributed by atoms with Gasteiger partial charge in [0.25, 0.3) is 5.91 Å². The minimum atomic E-state index is -4.87. The summed E-state index contributed by atoms with van der Waals surface area (Å²) in [6.07, 6.45) is -3.86. The molecular formula is C26H27ClF4N2O3S. The number of hydrogen-bond acceptors (Lipinski definition) is 3. The van der Waals surface area contributed by atoms with E-state index in [1.165, 1.54) is 24.0 Å². The molecule has 0 saturated heterocycles. The molecule has 0 unspecified atom stereocenters. The molecule has 11 heteroatoms. The number of halogens is 5. The monoisotopic (exact) mass is 558 g/mol. The Morgan fingerprint density at radius 2 is 1.73 bits per heavy atom. The van der Waals surface area contributed by atoms with Gasteiger partial charge in [-0.1, -0.05) is 41.9 Å². The van der Waals surface area contributed by atoms with Crippen molar-refractivity contribution in [1.29, 1.82) is 0 Å². The highest BCUT2D eigenvalue weighted by Gasteiger charge is 2.42. The molecule has 0 N–H and O–H groups in total. The molecule has 0 bridgehead atoms. The van der Waals surface area contributed by atoms with E-state index in [2.05, 4.69) is 0 Å². The second-order valence-electron chi connectivity index (χ2n) is 9.11. The van der Waals surface area contributed by atoms with Gasteiger partial charge < -0.3 is 9.47 Å². The third kappa shape index (κ3) is 6.54. The Balaban J connectivity index is 2.38. The van der Waals surface area contributed by atoms with Gasteiger partial charge in [-0.25, -0.2) is 12.8 Å². The number of nitrogens with zero attached hydrogens (tertiary/aromatic N) is 2. The van der Waals surface area contributed by atoms with E-state index in [4.69, 9.17) is 11.6 Å². The SMILES string of the molecule is Cc1c(-c2ccc(Cl)cc2F)c(C(=O)N(CCS(C)(=O)=O)C(C)C)n(Cc2ccccc2)c1C(F)(F)F. The molecule has 1 heterocycles. The molecule has 2 aromatic carbocycles. The van der Waals surface area contributed by atoms with E-state index in [9.17, 15) is 26.4 Å². The number of hydrogen-bond donors (Lipinski definition) is 0. The van der Waals surface area contributed by atoms with E-state index in [1.54, 1.807) is 44.2 Å². The second kappa shape index (κ2) is 10.9. The van der Waals surface area contributed by atoms with E-state index < -0.39 is 39.5 Å². The van der Waals surface area contributed by atoms with Gasteiger partial charge in [0, 0.05) is 41.5 Å². The van der Waals surface area contributed by atoms with Crippen LogP contribution < -0.4 is 0 Å². The Kier molecular flexibility index (Phi) is 8.44. The first kappa shape index (κ1) is 28.7. The lowest BCUT2D eigenvalue weighted by atomic mass is 9.99. The largest absolute Gasteiger partial charge is 0.431 e. The first-order valence-electron chi connectivity index (χ1n) is 11.4. The molecule has 3 rings (SSSR count). The lowest BCUT2D eigenvalue weighted by Gasteiger charge is -2.28. The van der Waals surface area contributed by atoms with Gasteiger partial charge in [-0.15, -0.1) is 0 Å². The van der Waals surface area contributed by atoms with Gasteiger partial charge in [0.15, 0.2) is 0 Å². The summed E-state index contributed by atoms with van der Waals surface area (Å²) in [5.74, 6) is -2.11. The van der Waals surface area contributed by atoms with Crippen molar-refractivity contribution in [2.75, 3.05) is 18.6 Å². The molecule has 200 valence electrons. The number of carbonyl (C=O) groups excluding carboxylic acids is 1. The summed E-state index contributed by atoms with van der Waals surface area (Å²) in [7, 11) is -3.48. The highest BCUT2D eigenvalue weighted by atomic mass is 35.5. The standard InChI is InChI=1S/C26H27ClF4N2O3S/c1-16(2)32(12-13-37(4,35)36)25(34)23-22(20-11-10-19(27)14-21(20)28)17(3)24(26(29,30)31)33(23)15-18-8-6-5-7-9-18/h5-11,14,16H,12-13,15H2,1-4H3. The van der Waals surface area contributed by atoms with Crippen molar-refractivity contribution in [3.05, 3.63) is 81.9 Å².